The van der Waals surface area contributed by atoms with Gasteiger partial charge in [0.2, 0.25) is 0 Å². The van der Waals surface area contributed by atoms with E-state index in [4.69, 9.17) is 5.11 Å². The van der Waals surface area contributed by atoms with E-state index in [0.29, 0.717) is 6.42 Å². The summed E-state index contributed by atoms with van der Waals surface area (Å²) in [5.74, 6) is -1.08. The molecule has 0 aromatic carbocycles. The summed E-state index contributed by atoms with van der Waals surface area (Å²) in [6.45, 7) is 3.65. The van der Waals surface area contributed by atoms with Crippen LogP contribution in [0.5, 0.6) is 0 Å². The van der Waals surface area contributed by atoms with Crippen molar-refractivity contribution < 1.29 is 9.90 Å². The number of thioether (sulfide) groups is 1. The maximum Gasteiger partial charge on any atom is 0.306 e. The van der Waals surface area contributed by atoms with Crippen LogP contribution in [0.25, 0.3) is 0 Å². The normalized spacial score (nSPS) is 12.8. The van der Waals surface area contributed by atoms with Crippen LogP contribution in [0, 0.1) is 12.8 Å². The molecule has 0 fully saturated rings. The van der Waals surface area contributed by atoms with Crippen molar-refractivity contribution in [3.8, 4) is 0 Å². The molecule has 1 aromatic heterocycles. The molecule has 0 saturated carbocycles. The Morgan fingerprint density at radius 3 is 2.79 bits per heavy atom. The maximum atomic E-state index is 10.7. The van der Waals surface area contributed by atoms with Gasteiger partial charge in [0.15, 0.2) is 0 Å². The largest absolute Gasteiger partial charge is 0.481 e. The predicted octanol–water partition coefficient (Wildman–Crippen LogP) is 2.44. The number of carboxylic acids is 1. The van der Waals surface area contributed by atoms with Crippen molar-refractivity contribution in [1.82, 2.24) is 4.98 Å². The highest BCUT2D eigenvalue weighted by Crippen LogP contribution is 2.27. The molecule has 0 amide bonds. The molecular weight excluding hydrogens is 218 g/mol. The average Bonchev–Trinajstić information content (AvgIpc) is 2.47. The van der Waals surface area contributed by atoms with Crippen LogP contribution in [-0.4, -0.2) is 22.3 Å². The van der Waals surface area contributed by atoms with E-state index in [2.05, 4.69) is 4.98 Å². The fourth-order valence-electron chi connectivity index (χ4n) is 1.04. The number of carbonyl (C=O) groups is 1. The van der Waals surface area contributed by atoms with E-state index in [-0.39, 0.29) is 5.92 Å². The molecule has 1 heterocycles. The SMILES string of the molecule is CSc1nc(C)c(CC(C)C(=O)O)s1. The van der Waals surface area contributed by atoms with Crippen LogP contribution in [0.15, 0.2) is 4.34 Å². The number of nitrogens with zero attached hydrogens (tertiary/aromatic N) is 1. The molecule has 3 nitrogen and oxygen atoms in total. The van der Waals surface area contributed by atoms with Gasteiger partial charge in [0, 0.05) is 4.88 Å². The van der Waals surface area contributed by atoms with Crippen molar-refractivity contribution in [3.05, 3.63) is 10.6 Å². The summed E-state index contributed by atoms with van der Waals surface area (Å²) >= 11 is 3.19. The second-order valence-electron chi connectivity index (χ2n) is 3.14. The van der Waals surface area contributed by atoms with Gasteiger partial charge in [-0.2, -0.15) is 0 Å². The number of hydrogen-bond acceptors (Lipinski definition) is 4. The lowest BCUT2D eigenvalue weighted by Gasteiger charge is -2.03. The summed E-state index contributed by atoms with van der Waals surface area (Å²) in [5, 5.41) is 8.78. The van der Waals surface area contributed by atoms with Gasteiger partial charge in [0.25, 0.3) is 0 Å². The van der Waals surface area contributed by atoms with Gasteiger partial charge in [-0.3, -0.25) is 4.79 Å². The Kier molecular flexibility index (Phi) is 3.95. The van der Waals surface area contributed by atoms with Crippen molar-refractivity contribution in [2.24, 2.45) is 5.92 Å². The summed E-state index contributed by atoms with van der Waals surface area (Å²) in [7, 11) is 0. The highest BCUT2D eigenvalue weighted by Gasteiger charge is 2.15. The third kappa shape index (κ3) is 2.72. The van der Waals surface area contributed by atoms with Gasteiger partial charge < -0.3 is 5.11 Å². The summed E-state index contributed by atoms with van der Waals surface area (Å²) in [5.41, 5.74) is 0.965. The van der Waals surface area contributed by atoms with Gasteiger partial charge >= 0.3 is 5.97 Å². The average molecular weight is 231 g/mol. The van der Waals surface area contributed by atoms with Crippen LogP contribution in [0.1, 0.15) is 17.5 Å². The third-order valence-corrected chi connectivity index (χ3v) is 4.13. The number of carboxylic acid groups (broad SMARTS) is 1. The zero-order valence-corrected chi connectivity index (χ0v) is 10.0. The van der Waals surface area contributed by atoms with Crippen LogP contribution in [-0.2, 0) is 11.2 Å². The molecule has 0 radical (unpaired) electrons. The lowest BCUT2D eigenvalue weighted by atomic mass is 10.1. The number of thiazole rings is 1. The summed E-state index contributed by atoms with van der Waals surface area (Å²) in [6.07, 6.45) is 2.56. The summed E-state index contributed by atoms with van der Waals surface area (Å²) in [4.78, 5) is 16.1. The van der Waals surface area contributed by atoms with Gasteiger partial charge in [0.05, 0.1) is 11.6 Å². The summed E-state index contributed by atoms with van der Waals surface area (Å²) in [6, 6.07) is 0. The Balaban J connectivity index is 2.75. The van der Waals surface area contributed by atoms with Crippen LogP contribution in [0.2, 0.25) is 0 Å². The Morgan fingerprint density at radius 2 is 2.36 bits per heavy atom. The van der Waals surface area contributed by atoms with Crippen molar-refractivity contribution in [2.75, 3.05) is 6.26 Å². The van der Waals surface area contributed by atoms with Gasteiger partial charge in [-0.25, -0.2) is 4.98 Å². The van der Waals surface area contributed by atoms with E-state index in [1.165, 1.54) is 0 Å². The van der Waals surface area contributed by atoms with Crippen molar-refractivity contribution in [2.45, 2.75) is 24.6 Å². The van der Waals surface area contributed by atoms with E-state index in [1.807, 2.05) is 13.2 Å². The Bertz CT molecular complexity index is 336. The van der Waals surface area contributed by atoms with Crippen molar-refractivity contribution in [3.63, 3.8) is 0 Å². The molecule has 0 bridgehead atoms. The monoisotopic (exact) mass is 231 g/mol. The fraction of sp³-hybridized carbons (Fsp3) is 0.556. The number of aromatic nitrogens is 1. The van der Waals surface area contributed by atoms with Gasteiger partial charge in [-0.1, -0.05) is 18.7 Å². The van der Waals surface area contributed by atoms with Gasteiger partial charge in [-0.15, -0.1) is 11.3 Å². The summed E-state index contributed by atoms with van der Waals surface area (Å²) < 4.78 is 1.01. The number of hydrogen-bond donors (Lipinski definition) is 1. The molecular formula is C9H13NO2S2. The molecule has 1 aromatic rings. The minimum absolute atomic E-state index is 0.330. The Labute approximate surface area is 91.6 Å². The van der Waals surface area contributed by atoms with Crippen LogP contribution in [0.3, 0.4) is 0 Å². The second-order valence-corrected chi connectivity index (χ2v) is 5.27. The first-order valence-electron chi connectivity index (χ1n) is 4.27. The molecule has 0 saturated heterocycles. The molecule has 0 aliphatic carbocycles. The number of aryl methyl sites for hydroxylation is 1. The molecule has 1 N–H and O–H groups in total. The van der Waals surface area contributed by atoms with Crippen molar-refractivity contribution in [1.29, 1.82) is 0 Å². The smallest absolute Gasteiger partial charge is 0.306 e. The zero-order chi connectivity index (χ0) is 10.7. The van der Waals surface area contributed by atoms with Gasteiger partial charge in [0.1, 0.15) is 4.34 Å². The van der Waals surface area contributed by atoms with Crippen LogP contribution >= 0.6 is 23.1 Å². The van der Waals surface area contributed by atoms with Crippen LogP contribution < -0.4 is 0 Å². The lowest BCUT2D eigenvalue weighted by Crippen LogP contribution is -2.11. The van der Waals surface area contributed by atoms with E-state index < -0.39 is 5.97 Å². The lowest BCUT2D eigenvalue weighted by molar-refractivity contribution is -0.141. The first kappa shape index (κ1) is 11.5. The molecule has 0 aliphatic heterocycles. The van der Waals surface area contributed by atoms with E-state index in [9.17, 15) is 4.79 Å². The maximum absolute atomic E-state index is 10.7. The molecule has 5 heteroatoms. The van der Waals surface area contributed by atoms with E-state index in [1.54, 1.807) is 30.0 Å². The minimum Gasteiger partial charge on any atom is -0.481 e. The third-order valence-electron chi connectivity index (χ3n) is 1.96. The zero-order valence-electron chi connectivity index (χ0n) is 8.40. The standard InChI is InChI=1S/C9H13NO2S2/c1-5(8(11)12)4-7-6(2)10-9(13-3)14-7/h5H,4H2,1-3H3,(H,11,12). The topological polar surface area (TPSA) is 50.2 Å². The predicted molar refractivity (Wildman–Crippen MR) is 59.1 cm³/mol. The molecule has 1 atom stereocenters. The minimum atomic E-state index is -0.747. The Morgan fingerprint density at radius 1 is 1.71 bits per heavy atom. The quantitative estimate of drug-likeness (QED) is 0.809. The number of rotatable bonds is 4. The van der Waals surface area contributed by atoms with E-state index >= 15 is 0 Å². The number of aliphatic carboxylic acids is 1. The molecule has 1 rings (SSSR count). The Hall–Kier alpha value is -0.550. The molecule has 1 unspecified atom stereocenters. The highest BCUT2D eigenvalue weighted by atomic mass is 32.2. The molecule has 14 heavy (non-hydrogen) atoms. The molecule has 78 valence electrons. The first-order valence-corrected chi connectivity index (χ1v) is 6.31. The van der Waals surface area contributed by atoms with Crippen LogP contribution in [0.4, 0.5) is 0 Å². The van der Waals surface area contributed by atoms with E-state index in [0.717, 1.165) is 14.9 Å². The molecule has 0 aliphatic rings. The first-order chi connectivity index (χ1) is 6.54. The van der Waals surface area contributed by atoms with Gasteiger partial charge in [-0.05, 0) is 19.6 Å². The second kappa shape index (κ2) is 4.79. The van der Waals surface area contributed by atoms with Crippen molar-refractivity contribution >= 4 is 29.1 Å². The molecule has 0 spiro atoms. The highest BCUT2D eigenvalue weighted by molar-refractivity contribution is 8.00. The fourth-order valence-corrected chi connectivity index (χ4v) is 2.83.